The Balaban J connectivity index is 2.49. The molecule has 0 saturated heterocycles. The lowest BCUT2D eigenvalue weighted by molar-refractivity contribution is 0.319. The van der Waals surface area contributed by atoms with E-state index < -0.39 is 6.72 Å². The lowest BCUT2D eigenvalue weighted by atomic mass is 10.3. The first-order valence-corrected chi connectivity index (χ1v) is 7.69. The summed E-state index contributed by atoms with van der Waals surface area (Å²) < 4.78 is 17.2. The lowest BCUT2D eigenvalue weighted by Crippen LogP contribution is -2.03. The Hall–Kier alpha value is -0.300. The van der Waals surface area contributed by atoms with Crippen LogP contribution in [-0.4, -0.2) is 6.61 Å². The van der Waals surface area contributed by atoms with Gasteiger partial charge < -0.3 is 4.52 Å². The fraction of sp³-hybridized carbons (Fsp3) is 0.455. The Kier molecular flexibility index (Phi) is 5.38. The second kappa shape index (κ2) is 6.32. The van der Waals surface area contributed by atoms with Crippen LogP contribution in [0.4, 0.5) is 0 Å². The molecule has 0 heterocycles. The third-order valence-electron chi connectivity index (χ3n) is 2.07. The molecular formula is C11H16ClO2P. The molecule has 0 aliphatic rings. The summed E-state index contributed by atoms with van der Waals surface area (Å²) in [4.78, 5) is 0. The molecular weight excluding hydrogens is 231 g/mol. The van der Waals surface area contributed by atoms with Gasteiger partial charge in [-0.3, -0.25) is 4.57 Å². The molecule has 0 N–H and O–H groups in total. The molecule has 1 atom stereocenters. The van der Waals surface area contributed by atoms with Gasteiger partial charge in [0.2, 0.25) is 0 Å². The average molecular weight is 247 g/mol. The van der Waals surface area contributed by atoms with Gasteiger partial charge in [-0.1, -0.05) is 38.0 Å². The average Bonchev–Trinajstić information content (AvgIpc) is 2.26. The van der Waals surface area contributed by atoms with Crippen molar-refractivity contribution in [3.63, 3.8) is 0 Å². The molecule has 0 amide bonds. The molecule has 0 aliphatic heterocycles. The molecule has 0 bridgehead atoms. The summed E-state index contributed by atoms with van der Waals surface area (Å²) in [7, 11) is 0. The predicted octanol–water partition coefficient (Wildman–Crippen LogP) is 3.95. The second-order valence-corrected chi connectivity index (χ2v) is 6.42. The summed E-state index contributed by atoms with van der Waals surface area (Å²) in [6, 6.07) is 8.93. The van der Waals surface area contributed by atoms with E-state index in [1.54, 1.807) is 24.3 Å². The van der Waals surface area contributed by atoms with Crippen LogP contribution in [0.2, 0.25) is 0 Å². The Morgan fingerprint density at radius 2 is 1.93 bits per heavy atom. The van der Waals surface area contributed by atoms with E-state index in [1.165, 1.54) is 0 Å². The second-order valence-electron chi connectivity index (χ2n) is 3.36. The lowest BCUT2D eigenvalue weighted by Gasteiger charge is -2.11. The van der Waals surface area contributed by atoms with E-state index in [1.807, 2.05) is 6.07 Å². The van der Waals surface area contributed by atoms with Gasteiger partial charge in [0, 0.05) is 0 Å². The number of rotatable bonds is 6. The molecule has 1 aromatic carbocycles. The van der Waals surface area contributed by atoms with E-state index >= 15 is 0 Å². The molecule has 0 saturated carbocycles. The van der Waals surface area contributed by atoms with Crippen LogP contribution >= 0.6 is 18.0 Å². The van der Waals surface area contributed by atoms with Gasteiger partial charge in [-0.25, -0.2) is 0 Å². The van der Waals surface area contributed by atoms with Gasteiger partial charge >= 0.3 is 6.72 Å². The number of benzene rings is 1. The van der Waals surface area contributed by atoms with E-state index in [0.717, 1.165) is 19.3 Å². The van der Waals surface area contributed by atoms with Crippen molar-refractivity contribution in [2.75, 3.05) is 6.61 Å². The predicted molar refractivity (Wildman–Crippen MR) is 65.0 cm³/mol. The van der Waals surface area contributed by atoms with Crippen molar-refractivity contribution >= 4 is 23.3 Å². The van der Waals surface area contributed by atoms with E-state index in [0.29, 0.717) is 11.9 Å². The van der Waals surface area contributed by atoms with Crippen LogP contribution in [-0.2, 0) is 9.09 Å². The quantitative estimate of drug-likeness (QED) is 0.561. The summed E-state index contributed by atoms with van der Waals surface area (Å²) in [6.07, 6.45) is 3.09. The molecule has 0 aliphatic carbocycles. The molecule has 2 nitrogen and oxygen atoms in total. The molecule has 1 unspecified atom stereocenters. The summed E-state index contributed by atoms with van der Waals surface area (Å²) in [6.45, 7) is -0.542. The number of halogens is 1. The summed E-state index contributed by atoms with van der Waals surface area (Å²) in [5, 5.41) is 0.572. The smallest absolute Gasteiger partial charge is 0.314 e. The maximum absolute atomic E-state index is 11.9. The van der Waals surface area contributed by atoms with Gasteiger partial charge in [0.05, 0.1) is 11.9 Å². The number of hydrogen-bond acceptors (Lipinski definition) is 2. The molecule has 1 rings (SSSR count). The SMILES string of the molecule is CCCCCOP(=O)(Cl)c1ccccc1. The van der Waals surface area contributed by atoms with Crippen LogP contribution in [0.25, 0.3) is 0 Å². The third-order valence-corrected chi connectivity index (χ3v) is 4.38. The Morgan fingerprint density at radius 1 is 1.27 bits per heavy atom. The number of unbranched alkanes of at least 4 members (excludes halogenated alkanes) is 2. The zero-order valence-corrected chi connectivity index (χ0v) is 10.5. The van der Waals surface area contributed by atoms with Crippen LogP contribution in [0.3, 0.4) is 0 Å². The monoisotopic (exact) mass is 246 g/mol. The standard InChI is InChI=1S/C11H16ClO2P/c1-2-3-7-10-14-15(12,13)11-8-5-4-6-9-11/h4-6,8-9H,2-3,7,10H2,1H3. The van der Waals surface area contributed by atoms with Gasteiger partial charge in [-0.15, -0.1) is 0 Å². The van der Waals surface area contributed by atoms with Gasteiger partial charge in [0.15, 0.2) is 0 Å². The maximum atomic E-state index is 11.9. The topological polar surface area (TPSA) is 26.3 Å². The van der Waals surface area contributed by atoms with Gasteiger partial charge in [-0.05, 0) is 29.8 Å². The first kappa shape index (κ1) is 12.8. The minimum absolute atomic E-state index is 0.462. The van der Waals surface area contributed by atoms with Crippen LogP contribution in [0, 0.1) is 0 Å². The third kappa shape index (κ3) is 4.38. The minimum atomic E-state index is -3.11. The van der Waals surface area contributed by atoms with Crippen LogP contribution < -0.4 is 5.30 Å². The molecule has 0 spiro atoms. The minimum Gasteiger partial charge on any atom is -0.314 e. The van der Waals surface area contributed by atoms with Crippen molar-refractivity contribution in [1.29, 1.82) is 0 Å². The highest BCUT2D eigenvalue weighted by Gasteiger charge is 2.21. The summed E-state index contributed by atoms with van der Waals surface area (Å²) >= 11 is 5.87. The van der Waals surface area contributed by atoms with Crippen molar-refractivity contribution < 1.29 is 9.09 Å². The molecule has 15 heavy (non-hydrogen) atoms. The van der Waals surface area contributed by atoms with Crippen LogP contribution in [0.15, 0.2) is 30.3 Å². The highest BCUT2D eigenvalue weighted by Crippen LogP contribution is 2.51. The first-order valence-electron chi connectivity index (χ1n) is 5.16. The van der Waals surface area contributed by atoms with E-state index in [9.17, 15) is 4.57 Å². The fourth-order valence-electron chi connectivity index (χ4n) is 1.21. The van der Waals surface area contributed by atoms with Gasteiger partial charge in [0.25, 0.3) is 0 Å². The highest BCUT2D eigenvalue weighted by molar-refractivity contribution is 7.91. The van der Waals surface area contributed by atoms with E-state index in [-0.39, 0.29) is 0 Å². The normalized spacial score (nSPS) is 14.8. The zero-order chi connectivity index (χ0) is 11.1. The van der Waals surface area contributed by atoms with Crippen molar-refractivity contribution in [2.24, 2.45) is 0 Å². The van der Waals surface area contributed by atoms with E-state index in [2.05, 4.69) is 6.92 Å². The Morgan fingerprint density at radius 3 is 2.53 bits per heavy atom. The molecule has 0 aromatic heterocycles. The first-order chi connectivity index (χ1) is 7.17. The maximum Gasteiger partial charge on any atom is 0.319 e. The summed E-state index contributed by atoms with van der Waals surface area (Å²) in [5.41, 5.74) is 0. The largest absolute Gasteiger partial charge is 0.319 e. The van der Waals surface area contributed by atoms with Gasteiger partial charge in [0.1, 0.15) is 0 Å². The van der Waals surface area contributed by atoms with Crippen molar-refractivity contribution in [2.45, 2.75) is 26.2 Å². The molecule has 84 valence electrons. The van der Waals surface area contributed by atoms with Gasteiger partial charge in [-0.2, -0.15) is 0 Å². The van der Waals surface area contributed by atoms with Crippen molar-refractivity contribution in [3.05, 3.63) is 30.3 Å². The molecule has 0 radical (unpaired) electrons. The highest BCUT2D eigenvalue weighted by atomic mass is 35.7. The Labute approximate surface area is 95.8 Å². The number of hydrogen-bond donors (Lipinski definition) is 0. The molecule has 1 aromatic rings. The van der Waals surface area contributed by atoms with Crippen LogP contribution in [0.5, 0.6) is 0 Å². The summed E-state index contributed by atoms with van der Waals surface area (Å²) in [5.74, 6) is 0. The van der Waals surface area contributed by atoms with Crippen molar-refractivity contribution in [3.8, 4) is 0 Å². The van der Waals surface area contributed by atoms with Crippen molar-refractivity contribution in [1.82, 2.24) is 0 Å². The molecule has 0 fully saturated rings. The van der Waals surface area contributed by atoms with Crippen LogP contribution in [0.1, 0.15) is 26.2 Å². The molecule has 4 heteroatoms. The van der Waals surface area contributed by atoms with E-state index in [4.69, 9.17) is 15.8 Å². The Bertz CT molecular complexity index is 327. The zero-order valence-electron chi connectivity index (χ0n) is 8.86. The fourth-order valence-corrected chi connectivity index (χ4v) is 2.80.